The van der Waals surface area contributed by atoms with E-state index < -0.39 is 0 Å². The molecule has 1 aromatic heterocycles. The Morgan fingerprint density at radius 2 is 0.500 bits per heavy atom. The summed E-state index contributed by atoms with van der Waals surface area (Å²) in [5.41, 5.74) is 19.4. The van der Waals surface area contributed by atoms with Crippen molar-refractivity contribution >= 4 is 0 Å². The van der Waals surface area contributed by atoms with E-state index in [2.05, 4.69) is 241 Å². The lowest BCUT2D eigenvalue weighted by atomic mass is 9.85. The van der Waals surface area contributed by atoms with Gasteiger partial charge < -0.3 is 0 Å². The summed E-state index contributed by atoms with van der Waals surface area (Å²) in [5, 5.41) is 5.00. The number of hydrogen-bond acceptors (Lipinski definition) is 2. The summed E-state index contributed by atoms with van der Waals surface area (Å²) in [4.78, 5) is 5.22. The van der Waals surface area contributed by atoms with E-state index in [4.69, 9.17) is 10.1 Å². The summed E-state index contributed by atoms with van der Waals surface area (Å²) in [6, 6.07) is 58.7. The van der Waals surface area contributed by atoms with E-state index in [0.717, 1.165) is 33.6 Å². The van der Waals surface area contributed by atoms with Gasteiger partial charge in [-0.05, 0) is 136 Å². The molecule has 0 radical (unpaired) electrons. The van der Waals surface area contributed by atoms with Crippen LogP contribution in [0.3, 0.4) is 0 Å². The van der Waals surface area contributed by atoms with Crippen molar-refractivity contribution in [2.24, 2.45) is 7.05 Å². The Balaban J connectivity index is 1.16. The maximum absolute atomic E-state index is 5.22. The van der Waals surface area contributed by atoms with Gasteiger partial charge in [0.1, 0.15) is 0 Å². The minimum atomic E-state index is 0.0817. The lowest BCUT2D eigenvalue weighted by Crippen LogP contribution is -2.10. The molecule has 324 valence electrons. The van der Waals surface area contributed by atoms with Gasteiger partial charge in [-0.2, -0.15) is 5.10 Å². The first-order valence-corrected chi connectivity index (χ1v) is 22.9. The number of rotatable bonds is 7. The van der Waals surface area contributed by atoms with E-state index in [0.29, 0.717) is 5.82 Å². The largest absolute Gasteiger partial charge is 0.248 e. The van der Waals surface area contributed by atoms with Gasteiger partial charge in [0.2, 0.25) is 0 Å². The van der Waals surface area contributed by atoms with Crippen LogP contribution in [0.4, 0.5) is 0 Å². The van der Waals surface area contributed by atoms with Gasteiger partial charge in [-0.3, -0.25) is 0 Å². The summed E-state index contributed by atoms with van der Waals surface area (Å²) in [6.07, 6.45) is 0. The van der Waals surface area contributed by atoms with Crippen molar-refractivity contribution in [3.8, 4) is 78.4 Å². The number of hydrogen-bond donors (Lipinski definition) is 0. The summed E-state index contributed by atoms with van der Waals surface area (Å²) in [6.45, 7) is 27.2. The number of benzene rings is 7. The SMILES string of the molecule is Cn1nc(-c2ccc(-c3cc(-c4ccc(C(C)(C)C)cc4)cc(-c4ccc(C(C)(C)C)cc4)c3)cc2)nc1-c1cc(-c2ccc(C(C)(C)C)cc2)cc(-c2ccc(C(C)(C)C)cc2)c1. The molecule has 3 heteroatoms. The van der Waals surface area contributed by atoms with Crippen molar-refractivity contribution in [3.63, 3.8) is 0 Å². The summed E-state index contributed by atoms with van der Waals surface area (Å²) < 4.78 is 1.92. The van der Waals surface area contributed by atoms with E-state index in [1.807, 2.05) is 11.7 Å². The average molecular weight is 840 g/mol. The summed E-state index contributed by atoms with van der Waals surface area (Å²) in [5.74, 6) is 1.53. The van der Waals surface area contributed by atoms with Gasteiger partial charge in [-0.15, -0.1) is 0 Å². The molecule has 0 bridgehead atoms. The molecule has 0 aliphatic rings. The fourth-order valence-electron chi connectivity index (χ4n) is 8.44. The fourth-order valence-corrected chi connectivity index (χ4v) is 8.44. The van der Waals surface area contributed by atoms with Crippen molar-refractivity contribution < 1.29 is 0 Å². The molecular weight excluding hydrogens is 775 g/mol. The number of nitrogens with zero attached hydrogens (tertiary/aromatic N) is 3. The van der Waals surface area contributed by atoms with Crippen molar-refractivity contribution in [1.29, 1.82) is 0 Å². The van der Waals surface area contributed by atoms with Crippen LogP contribution < -0.4 is 0 Å². The third kappa shape index (κ3) is 9.60. The second kappa shape index (κ2) is 16.7. The zero-order valence-electron chi connectivity index (χ0n) is 40.4. The highest BCUT2D eigenvalue weighted by Crippen LogP contribution is 2.38. The molecule has 1 heterocycles. The maximum atomic E-state index is 5.22. The minimum Gasteiger partial charge on any atom is -0.248 e. The van der Waals surface area contributed by atoms with Crippen LogP contribution in [-0.2, 0) is 28.7 Å². The molecule has 0 aliphatic heterocycles. The molecule has 0 unspecified atom stereocenters. The zero-order chi connectivity index (χ0) is 45.8. The van der Waals surface area contributed by atoms with Crippen LogP contribution in [0.1, 0.15) is 105 Å². The Morgan fingerprint density at radius 1 is 0.281 bits per heavy atom. The van der Waals surface area contributed by atoms with Crippen LogP contribution in [0.5, 0.6) is 0 Å². The molecule has 0 spiro atoms. The molecule has 0 amide bonds. The lowest BCUT2D eigenvalue weighted by molar-refractivity contribution is 0.590. The van der Waals surface area contributed by atoms with Crippen LogP contribution in [0.25, 0.3) is 78.4 Å². The van der Waals surface area contributed by atoms with Crippen molar-refractivity contribution in [3.05, 3.63) is 180 Å². The molecular formula is C61H65N3. The van der Waals surface area contributed by atoms with Crippen LogP contribution in [-0.4, -0.2) is 14.8 Å². The van der Waals surface area contributed by atoms with Crippen molar-refractivity contribution in [2.75, 3.05) is 0 Å². The average Bonchev–Trinajstić information content (AvgIpc) is 3.66. The topological polar surface area (TPSA) is 30.7 Å². The van der Waals surface area contributed by atoms with Gasteiger partial charge in [0.05, 0.1) is 0 Å². The molecule has 8 aromatic rings. The highest BCUT2D eigenvalue weighted by molar-refractivity contribution is 5.83. The molecule has 0 saturated heterocycles. The van der Waals surface area contributed by atoms with Crippen LogP contribution >= 0.6 is 0 Å². The van der Waals surface area contributed by atoms with Gasteiger partial charge in [0.15, 0.2) is 11.6 Å². The normalized spacial score (nSPS) is 12.5. The standard InChI is InChI=1S/C61H65N3/c1-58(2,3)52-26-18-41(19-27-52)47-34-46(35-48(36-47)42-20-28-53(29-21-42)59(4,5)6)40-14-16-45(17-15-40)56-62-57(64(13)63-56)51-38-49(43-22-30-54(31-23-43)60(7,8)9)37-50(39-51)44-24-32-55(33-25-44)61(10,11)12/h14-39H,1-13H3. The van der Waals surface area contributed by atoms with E-state index in [1.165, 1.54) is 61.2 Å². The van der Waals surface area contributed by atoms with Crippen LogP contribution in [0, 0.1) is 0 Å². The third-order valence-electron chi connectivity index (χ3n) is 12.7. The second-order valence-electron chi connectivity index (χ2n) is 21.9. The summed E-state index contributed by atoms with van der Waals surface area (Å²) >= 11 is 0. The second-order valence-corrected chi connectivity index (χ2v) is 21.9. The number of aryl methyl sites for hydroxylation is 1. The maximum Gasteiger partial charge on any atom is 0.181 e. The van der Waals surface area contributed by atoms with E-state index in [-0.39, 0.29) is 21.7 Å². The smallest absolute Gasteiger partial charge is 0.181 e. The first kappa shape index (κ1) is 44.3. The molecule has 8 rings (SSSR count). The Hall–Kier alpha value is -6.32. The lowest BCUT2D eigenvalue weighted by Gasteiger charge is -2.20. The van der Waals surface area contributed by atoms with Gasteiger partial charge >= 0.3 is 0 Å². The molecule has 0 fully saturated rings. The van der Waals surface area contributed by atoms with E-state index >= 15 is 0 Å². The molecule has 0 aliphatic carbocycles. The number of aromatic nitrogens is 3. The molecule has 7 aromatic carbocycles. The van der Waals surface area contributed by atoms with E-state index in [9.17, 15) is 0 Å². The van der Waals surface area contributed by atoms with Crippen LogP contribution in [0.15, 0.2) is 158 Å². The van der Waals surface area contributed by atoms with Gasteiger partial charge in [-0.1, -0.05) is 204 Å². The Kier molecular flexibility index (Phi) is 11.5. The van der Waals surface area contributed by atoms with E-state index in [1.54, 1.807) is 0 Å². The van der Waals surface area contributed by atoms with Crippen molar-refractivity contribution in [2.45, 2.75) is 105 Å². The molecule has 0 N–H and O–H groups in total. The molecule has 3 nitrogen and oxygen atoms in total. The van der Waals surface area contributed by atoms with Crippen molar-refractivity contribution in [1.82, 2.24) is 14.8 Å². The minimum absolute atomic E-state index is 0.0817. The van der Waals surface area contributed by atoms with Gasteiger partial charge in [0.25, 0.3) is 0 Å². The first-order chi connectivity index (χ1) is 30.1. The zero-order valence-corrected chi connectivity index (χ0v) is 40.4. The summed E-state index contributed by atoms with van der Waals surface area (Å²) in [7, 11) is 2.00. The first-order valence-electron chi connectivity index (χ1n) is 22.9. The predicted molar refractivity (Wildman–Crippen MR) is 274 cm³/mol. The quantitative estimate of drug-likeness (QED) is 0.160. The van der Waals surface area contributed by atoms with Gasteiger partial charge in [0, 0.05) is 18.2 Å². The molecule has 64 heavy (non-hydrogen) atoms. The van der Waals surface area contributed by atoms with Gasteiger partial charge in [-0.25, -0.2) is 9.67 Å². The monoisotopic (exact) mass is 840 g/mol. The Morgan fingerprint density at radius 3 is 0.750 bits per heavy atom. The Bertz CT molecular complexity index is 2750. The predicted octanol–water partition coefficient (Wildman–Crippen LogP) is 16.7. The fraction of sp³-hybridized carbons (Fsp3) is 0.279. The molecule has 0 saturated carbocycles. The molecule has 0 atom stereocenters. The highest BCUT2D eigenvalue weighted by Gasteiger charge is 2.20. The highest BCUT2D eigenvalue weighted by atomic mass is 15.3. The third-order valence-corrected chi connectivity index (χ3v) is 12.7. The van der Waals surface area contributed by atoms with Crippen LogP contribution in [0.2, 0.25) is 0 Å². The Labute approximate surface area is 383 Å².